The zero-order chi connectivity index (χ0) is 19.1. The van der Waals surface area contributed by atoms with E-state index < -0.39 is 6.04 Å². The minimum atomic E-state index is -0.401. The summed E-state index contributed by atoms with van der Waals surface area (Å²) in [5.74, 6) is 0.428. The van der Waals surface area contributed by atoms with Gasteiger partial charge in [0.25, 0.3) is 5.91 Å². The van der Waals surface area contributed by atoms with Gasteiger partial charge in [-0.3, -0.25) is 9.48 Å². The molecular formula is C19H21N7O. The minimum absolute atomic E-state index is 0.177. The lowest BCUT2D eigenvalue weighted by Gasteiger charge is -2.28. The zero-order valence-corrected chi connectivity index (χ0v) is 15.7. The average Bonchev–Trinajstić information content (AvgIpc) is 3.21. The van der Waals surface area contributed by atoms with Crippen molar-refractivity contribution in [2.45, 2.75) is 26.8 Å². The van der Waals surface area contributed by atoms with Crippen LogP contribution < -0.4 is 10.6 Å². The Morgan fingerprint density at radius 2 is 2.00 bits per heavy atom. The maximum Gasteiger partial charge on any atom is 0.255 e. The first-order valence-corrected chi connectivity index (χ1v) is 8.70. The number of benzene rings is 1. The largest absolute Gasteiger partial charge is 0.328 e. The first-order chi connectivity index (χ1) is 13.0. The van der Waals surface area contributed by atoms with Crippen LogP contribution in [0.1, 0.15) is 29.8 Å². The van der Waals surface area contributed by atoms with Crippen LogP contribution in [0.15, 0.2) is 48.1 Å². The number of carbonyl (C=O) groups excluding carboxylic acids is 1. The first-order valence-electron chi connectivity index (χ1n) is 8.70. The van der Waals surface area contributed by atoms with E-state index in [4.69, 9.17) is 0 Å². The van der Waals surface area contributed by atoms with E-state index in [1.165, 1.54) is 6.33 Å². The van der Waals surface area contributed by atoms with E-state index in [1.54, 1.807) is 9.36 Å². The fraction of sp³-hybridized carbons (Fsp3) is 0.263. The normalized spacial score (nSPS) is 16.1. The van der Waals surface area contributed by atoms with Gasteiger partial charge in [-0.2, -0.15) is 15.2 Å². The second kappa shape index (κ2) is 6.39. The molecule has 1 amide bonds. The highest BCUT2D eigenvalue weighted by atomic mass is 16.1. The summed E-state index contributed by atoms with van der Waals surface area (Å²) in [4.78, 5) is 17.5. The summed E-state index contributed by atoms with van der Waals surface area (Å²) >= 11 is 0. The molecule has 0 saturated heterocycles. The molecule has 8 nitrogen and oxygen atoms in total. The van der Waals surface area contributed by atoms with E-state index in [0.717, 1.165) is 28.2 Å². The summed E-state index contributed by atoms with van der Waals surface area (Å²) in [5.41, 5.74) is 4.89. The van der Waals surface area contributed by atoms with E-state index >= 15 is 0 Å². The Morgan fingerprint density at radius 3 is 2.70 bits per heavy atom. The summed E-state index contributed by atoms with van der Waals surface area (Å²) in [6.45, 7) is 5.78. The number of hydrogen-bond donors (Lipinski definition) is 2. The van der Waals surface area contributed by atoms with Gasteiger partial charge in [0.15, 0.2) is 0 Å². The summed E-state index contributed by atoms with van der Waals surface area (Å²) in [7, 11) is 1.86. The van der Waals surface area contributed by atoms with Gasteiger partial charge in [0, 0.05) is 30.2 Å². The molecule has 1 aliphatic rings. The molecule has 2 N–H and O–H groups in total. The molecule has 8 heteroatoms. The Kier molecular flexibility index (Phi) is 4.02. The smallest absolute Gasteiger partial charge is 0.255 e. The van der Waals surface area contributed by atoms with Crippen molar-refractivity contribution < 1.29 is 4.79 Å². The van der Waals surface area contributed by atoms with Crippen LogP contribution in [-0.2, 0) is 11.8 Å². The Hall–Kier alpha value is -3.42. The van der Waals surface area contributed by atoms with Crippen molar-refractivity contribution in [1.82, 2.24) is 24.5 Å². The number of hydrogen-bond acceptors (Lipinski definition) is 5. The number of amides is 1. The molecule has 138 valence electrons. The lowest BCUT2D eigenvalue weighted by molar-refractivity contribution is -0.113. The molecule has 2 aromatic heterocycles. The third-order valence-electron chi connectivity index (χ3n) is 4.78. The molecule has 0 fully saturated rings. The summed E-state index contributed by atoms with van der Waals surface area (Å²) < 4.78 is 3.47. The van der Waals surface area contributed by atoms with Crippen molar-refractivity contribution in [2.24, 2.45) is 7.05 Å². The fourth-order valence-corrected chi connectivity index (χ4v) is 3.46. The number of rotatable bonds is 3. The fourth-order valence-electron chi connectivity index (χ4n) is 3.46. The third kappa shape index (κ3) is 2.88. The number of aryl methyl sites for hydroxylation is 3. The predicted octanol–water partition coefficient (Wildman–Crippen LogP) is 2.56. The van der Waals surface area contributed by atoms with Crippen LogP contribution in [0.2, 0.25) is 0 Å². The van der Waals surface area contributed by atoms with Gasteiger partial charge in [-0.15, -0.1) is 0 Å². The lowest BCUT2D eigenvalue weighted by atomic mass is 9.95. The van der Waals surface area contributed by atoms with Crippen LogP contribution in [0, 0.1) is 13.8 Å². The quantitative estimate of drug-likeness (QED) is 0.746. The number of nitrogens with one attached hydrogen (secondary N) is 2. The van der Waals surface area contributed by atoms with E-state index in [1.807, 2.05) is 58.3 Å². The molecule has 1 atom stereocenters. The molecule has 0 saturated carbocycles. The van der Waals surface area contributed by atoms with Crippen molar-refractivity contribution >= 4 is 17.5 Å². The molecule has 27 heavy (non-hydrogen) atoms. The van der Waals surface area contributed by atoms with Gasteiger partial charge in [0.1, 0.15) is 12.4 Å². The molecule has 0 radical (unpaired) electrons. The van der Waals surface area contributed by atoms with Crippen molar-refractivity contribution in [2.75, 3.05) is 10.6 Å². The SMILES string of the molecule is CC1=C(C(=O)Nc2ccccc2C)C(c2cn(C)nc2C)n2ncnc2N1. The first kappa shape index (κ1) is 17.0. The van der Waals surface area contributed by atoms with Gasteiger partial charge < -0.3 is 10.6 Å². The topological polar surface area (TPSA) is 89.7 Å². The number of anilines is 2. The number of fused-ring (bicyclic) bond motifs is 1. The van der Waals surface area contributed by atoms with Gasteiger partial charge in [-0.25, -0.2) is 4.68 Å². The number of allylic oxidation sites excluding steroid dienone is 1. The summed E-state index contributed by atoms with van der Waals surface area (Å²) in [6, 6.07) is 7.31. The van der Waals surface area contributed by atoms with Crippen LogP contribution in [0.25, 0.3) is 0 Å². The van der Waals surface area contributed by atoms with E-state index in [0.29, 0.717) is 11.5 Å². The highest BCUT2D eigenvalue weighted by molar-refractivity contribution is 6.06. The lowest BCUT2D eigenvalue weighted by Crippen LogP contribution is -2.31. The second-order valence-electron chi connectivity index (χ2n) is 6.71. The molecule has 0 bridgehead atoms. The molecule has 1 unspecified atom stereocenters. The maximum absolute atomic E-state index is 13.3. The molecule has 0 aliphatic carbocycles. The van der Waals surface area contributed by atoms with Crippen molar-refractivity contribution in [3.05, 3.63) is 64.9 Å². The molecule has 4 rings (SSSR count). The van der Waals surface area contributed by atoms with Crippen LogP contribution in [0.4, 0.5) is 11.6 Å². The Labute approximate surface area is 156 Å². The van der Waals surface area contributed by atoms with E-state index in [-0.39, 0.29) is 5.91 Å². The molecule has 1 aliphatic heterocycles. The number of nitrogens with zero attached hydrogens (tertiary/aromatic N) is 5. The van der Waals surface area contributed by atoms with Crippen LogP contribution >= 0.6 is 0 Å². The minimum Gasteiger partial charge on any atom is -0.328 e. The third-order valence-corrected chi connectivity index (χ3v) is 4.78. The Morgan fingerprint density at radius 1 is 1.22 bits per heavy atom. The highest BCUT2D eigenvalue weighted by Gasteiger charge is 2.35. The second-order valence-corrected chi connectivity index (χ2v) is 6.71. The zero-order valence-electron chi connectivity index (χ0n) is 15.7. The average molecular weight is 363 g/mol. The predicted molar refractivity (Wildman–Crippen MR) is 102 cm³/mol. The van der Waals surface area contributed by atoms with Crippen LogP contribution in [-0.4, -0.2) is 30.5 Å². The Balaban J connectivity index is 1.80. The maximum atomic E-state index is 13.3. The molecular weight excluding hydrogens is 342 g/mol. The highest BCUT2D eigenvalue weighted by Crippen LogP contribution is 2.36. The summed E-state index contributed by atoms with van der Waals surface area (Å²) in [5, 5.41) is 15.0. The molecule has 3 aromatic rings. The van der Waals surface area contributed by atoms with Crippen molar-refractivity contribution in [1.29, 1.82) is 0 Å². The van der Waals surface area contributed by atoms with Gasteiger partial charge in [-0.05, 0) is 32.4 Å². The van der Waals surface area contributed by atoms with Crippen LogP contribution in [0.3, 0.4) is 0 Å². The monoisotopic (exact) mass is 363 g/mol. The van der Waals surface area contributed by atoms with E-state index in [2.05, 4.69) is 25.8 Å². The standard InChI is InChI=1S/C19H21N7O/c1-11-7-5-6-8-15(11)23-18(27)16-13(3)22-19-20-10-21-26(19)17(16)14-9-25(4)24-12(14)2/h5-10,17H,1-4H3,(H,23,27)(H,20,21,22). The van der Waals surface area contributed by atoms with Gasteiger partial charge in [-0.1, -0.05) is 18.2 Å². The van der Waals surface area contributed by atoms with Crippen molar-refractivity contribution in [3.8, 4) is 0 Å². The number of carbonyl (C=O) groups is 1. The Bertz CT molecular complexity index is 1060. The number of para-hydroxylation sites is 1. The molecule has 3 heterocycles. The van der Waals surface area contributed by atoms with Crippen molar-refractivity contribution in [3.63, 3.8) is 0 Å². The van der Waals surface area contributed by atoms with Crippen LogP contribution in [0.5, 0.6) is 0 Å². The van der Waals surface area contributed by atoms with Gasteiger partial charge in [0.2, 0.25) is 5.95 Å². The van der Waals surface area contributed by atoms with Gasteiger partial charge >= 0.3 is 0 Å². The number of aromatic nitrogens is 5. The molecule has 0 spiro atoms. The van der Waals surface area contributed by atoms with E-state index in [9.17, 15) is 4.79 Å². The molecule has 1 aromatic carbocycles. The van der Waals surface area contributed by atoms with Gasteiger partial charge in [0.05, 0.1) is 11.3 Å². The summed E-state index contributed by atoms with van der Waals surface area (Å²) in [6.07, 6.45) is 3.40.